The van der Waals surface area contributed by atoms with Gasteiger partial charge in [-0.1, -0.05) is 17.7 Å². The number of pyridine rings is 1. The third-order valence-corrected chi connectivity index (χ3v) is 5.41. The molecule has 1 aliphatic rings. The number of ether oxygens (including phenoxy) is 2. The number of amides is 1. The minimum atomic E-state index is -0.206. The molecule has 1 heterocycles. The number of rotatable bonds is 6. The van der Waals surface area contributed by atoms with E-state index < -0.39 is 0 Å². The first-order valence-electron chi connectivity index (χ1n) is 10.0. The minimum absolute atomic E-state index is 0.169. The summed E-state index contributed by atoms with van der Waals surface area (Å²) in [7, 11) is 1.62. The molecular weight excluding hydrogens is 400 g/mol. The van der Waals surface area contributed by atoms with E-state index in [4.69, 9.17) is 21.1 Å². The first-order chi connectivity index (χ1) is 14.7. The van der Waals surface area contributed by atoms with E-state index in [0.717, 1.165) is 12.8 Å². The molecule has 0 bridgehead atoms. The van der Waals surface area contributed by atoms with Gasteiger partial charge < -0.3 is 9.47 Å². The van der Waals surface area contributed by atoms with Crippen LogP contribution in [0.2, 0.25) is 5.02 Å². The van der Waals surface area contributed by atoms with E-state index in [1.807, 2.05) is 30.3 Å². The van der Waals surface area contributed by atoms with Crippen molar-refractivity contribution in [2.45, 2.75) is 31.8 Å². The Labute approximate surface area is 181 Å². The van der Waals surface area contributed by atoms with E-state index in [0.29, 0.717) is 33.5 Å². The molecule has 1 aromatic heterocycles. The summed E-state index contributed by atoms with van der Waals surface area (Å²) in [5.41, 5.74) is 1.81. The van der Waals surface area contributed by atoms with Crippen LogP contribution < -0.4 is 14.4 Å². The summed E-state index contributed by atoms with van der Waals surface area (Å²) in [5, 5.41) is 0.549. The minimum Gasteiger partial charge on any atom is -0.493 e. The quantitative estimate of drug-likeness (QED) is 0.485. The number of aromatic nitrogens is 1. The molecule has 1 fully saturated rings. The number of nitrogens with zero attached hydrogens (tertiary/aromatic N) is 2. The molecule has 5 nitrogen and oxygen atoms in total. The summed E-state index contributed by atoms with van der Waals surface area (Å²) < 4.78 is 11.7. The maximum absolute atomic E-state index is 13.4. The lowest BCUT2D eigenvalue weighted by Gasteiger charge is -2.25. The fraction of sp³-hybridized carbons (Fsp3) is 0.250. The summed E-state index contributed by atoms with van der Waals surface area (Å²) in [6.45, 7) is 0. The second kappa shape index (κ2) is 9.18. The predicted octanol–water partition coefficient (Wildman–Crippen LogP) is 6.04. The maximum Gasteiger partial charge on any atom is 0.264 e. The van der Waals surface area contributed by atoms with Crippen molar-refractivity contribution in [1.29, 1.82) is 0 Å². The number of halogens is 1. The highest BCUT2D eigenvalue weighted by molar-refractivity contribution is 6.31. The van der Waals surface area contributed by atoms with E-state index in [-0.39, 0.29) is 12.0 Å². The van der Waals surface area contributed by atoms with Crippen molar-refractivity contribution in [2.75, 3.05) is 12.0 Å². The zero-order valence-electron chi connectivity index (χ0n) is 16.8. The van der Waals surface area contributed by atoms with Crippen LogP contribution in [-0.4, -0.2) is 24.1 Å². The number of carbonyl (C=O) groups excluding carboxylic acids is 1. The molecule has 0 aliphatic heterocycles. The molecule has 154 valence electrons. The third-order valence-electron chi connectivity index (χ3n) is 5.18. The Morgan fingerprint density at radius 1 is 1.03 bits per heavy atom. The van der Waals surface area contributed by atoms with Crippen LogP contribution in [0.15, 0.2) is 67.0 Å². The van der Waals surface area contributed by atoms with Crippen molar-refractivity contribution in [1.82, 2.24) is 4.98 Å². The molecule has 2 aromatic carbocycles. The smallest absolute Gasteiger partial charge is 0.264 e. The topological polar surface area (TPSA) is 51.7 Å². The molecule has 0 radical (unpaired) electrons. The molecule has 1 saturated carbocycles. The molecule has 30 heavy (non-hydrogen) atoms. The lowest BCUT2D eigenvalue weighted by atomic mass is 10.1. The van der Waals surface area contributed by atoms with Crippen LogP contribution in [0, 0.1) is 0 Å². The van der Waals surface area contributed by atoms with Crippen LogP contribution in [0.1, 0.15) is 36.0 Å². The molecular formula is C24H23ClN2O3. The Balaban J connectivity index is 1.77. The number of hydrogen-bond donors (Lipinski definition) is 0. The molecule has 1 aliphatic carbocycles. The van der Waals surface area contributed by atoms with Gasteiger partial charge in [0, 0.05) is 23.5 Å². The molecule has 0 saturated heterocycles. The van der Waals surface area contributed by atoms with Crippen molar-refractivity contribution in [2.24, 2.45) is 0 Å². The molecule has 0 unspecified atom stereocenters. The molecule has 6 heteroatoms. The highest BCUT2D eigenvalue weighted by Crippen LogP contribution is 2.38. The van der Waals surface area contributed by atoms with Crippen molar-refractivity contribution in [3.05, 3.63) is 77.6 Å². The van der Waals surface area contributed by atoms with E-state index in [1.165, 1.54) is 12.8 Å². The van der Waals surface area contributed by atoms with Crippen LogP contribution in [0.25, 0.3) is 0 Å². The largest absolute Gasteiger partial charge is 0.493 e. The predicted molar refractivity (Wildman–Crippen MR) is 118 cm³/mol. The van der Waals surface area contributed by atoms with Gasteiger partial charge in [-0.3, -0.25) is 14.7 Å². The van der Waals surface area contributed by atoms with Crippen molar-refractivity contribution >= 4 is 28.9 Å². The van der Waals surface area contributed by atoms with E-state index in [9.17, 15) is 4.79 Å². The molecule has 0 atom stereocenters. The fourth-order valence-corrected chi connectivity index (χ4v) is 3.88. The second-order valence-corrected chi connectivity index (χ2v) is 7.66. The molecule has 0 spiro atoms. The van der Waals surface area contributed by atoms with Crippen molar-refractivity contribution in [3.63, 3.8) is 0 Å². The van der Waals surface area contributed by atoms with Crippen LogP contribution >= 0.6 is 11.6 Å². The number of methoxy groups -OCH3 is 1. The van der Waals surface area contributed by atoms with Gasteiger partial charge in [0.2, 0.25) is 0 Å². The number of benzene rings is 2. The lowest BCUT2D eigenvalue weighted by molar-refractivity contribution is 0.0999. The van der Waals surface area contributed by atoms with Gasteiger partial charge in [0.05, 0.1) is 30.2 Å². The second-order valence-electron chi connectivity index (χ2n) is 7.22. The van der Waals surface area contributed by atoms with Gasteiger partial charge in [0.15, 0.2) is 11.5 Å². The van der Waals surface area contributed by atoms with Crippen molar-refractivity contribution < 1.29 is 14.3 Å². The first-order valence-corrected chi connectivity index (χ1v) is 10.4. The fourth-order valence-electron chi connectivity index (χ4n) is 3.70. The molecule has 0 N–H and O–H groups in total. The first kappa shape index (κ1) is 20.2. The summed E-state index contributed by atoms with van der Waals surface area (Å²) in [4.78, 5) is 19.1. The van der Waals surface area contributed by atoms with Gasteiger partial charge in [-0.15, -0.1) is 0 Å². The number of anilines is 2. The number of hydrogen-bond acceptors (Lipinski definition) is 4. The third kappa shape index (κ3) is 4.41. The Kier molecular flexibility index (Phi) is 6.19. The standard InChI is InChI=1S/C24H23ClN2O3/c1-29-22-12-11-20(15-23(22)30-21-9-2-3-10-21)27(19-8-4-7-18(25)14-19)24(28)17-6-5-13-26-16-17/h4-8,11-16,21H,2-3,9-10H2,1H3. The van der Waals surface area contributed by atoms with Crippen LogP contribution in [-0.2, 0) is 0 Å². The molecule has 4 rings (SSSR count). The van der Waals surface area contributed by atoms with Crippen molar-refractivity contribution in [3.8, 4) is 11.5 Å². The monoisotopic (exact) mass is 422 g/mol. The highest BCUT2D eigenvalue weighted by atomic mass is 35.5. The van der Waals surface area contributed by atoms with Crippen LogP contribution in [0.3, 0.4) is 0 Å². The summed E-state index contributed by atoms with van der Waals surface area (Å²) >= 11 is 6.22. The average molecular weight is 423 g/mol. The molecule has 3 aromatic rings. The highest BCUT2D eigenvalue weighted by Gasteiger charge is 2.24. The van der Waals surface area contributed by atoms with Gasteiger partial charge in [-0.25, -0.2) is 0 Å². The SMILES string of the molecule is COc1ccc(N(C(=O)c2cccnc2)c2cccc(Cl)c2)cc1OC1CCCC1. The number of carbonyl (C=O) groups is 1. The Morgan fingerprint density at radius 3 is 2.53 bits per heavy atom. The summed E-state index contributed by atoms with van der Waals surface area (Å²) in [6, 6.07) is 16.2. The van der Waals surface area contributed by atoms with E-state index in [2.05, 4.69) is 4.98 Å². The van der Waals surface area contributed by atoms with E-state index in [1.54, 1.807) is 48.7 Å². The van der Waals surface area contributed by atoms with Gasteiger partial charge in [0.25, 0.3) is 5.91 Å². The Morgan fingerprint density at radius 2 is 1.83 bits per heavy atom. The van der Waals surface area contributed by atoms with E-state index >= 15 is 0 Å². The summed E-state index contributed by atoms with van der Waals surface area (Å²) in [5.74, 6) is 1.07. The lowest BCUT2D eigenvalue weighted by Crippen LogP contribution is -2.26. The maximum atomic E-state index is 13.4. The van der Waals surface area contributed by atoms with Gasteiger partial charge in [-0.05, 0) is 68.1 Å². The molecule has 1 amide bonds. The summed E-state index contributed by atoms with van der Waals surface area (Å²) in [6.07, 6.45) is 7.75. The van der Waals surface area contributed by atoms with Crippen LogP contribution in [0.4, 0.5) is 11.4 Å². The Bertz CT molecular complexity index is 1020. The average Bonchev–Trinajstić information content (AvgIpc) is 3.28. The van der Waals surface area contributed by atoms with Crippen LogP contribution in [0.5, 0.6) is 11.5 Å². The zero-order valence-corrected chi connectivity index (χ0v) is 17.5. The Hall–Kier alpha value is -3.05. The van der Waals surface area contributed by atoms with Gasteiger partial charge in [-0.2, -0.15) is 0 Å². The zero-order chi connectivity index (χ0) is 20.9. The normalized spacial score (nSPS) is 13.8. The van der Waals surface area contributed by atoms with Gasteiger partial charge in [0.1, 0.15) is 0 Å². The van der Waals surface area contributed by atoms with Gasteiger partial charge >= 0.3 is 0 Å².